The van der Waals surface area contributed by atoms with Crippen LogP contribution in [0.25, 0.3) is 21.5 Å². The Labute approximate surface area is 402 Å². The lowest BCUT2D eigenvalue weighted by atomic mass is 10.0. The van der Waals surface area contributed by atoms with Gasteiger partial charge >= 0.3 is 6.03 Å². The minimum absolute atomic E-state index is 0.0589. The second-order valence-electron chi connectivity index (χ2n) is 15.9. The van der Waals surface area contributed by atoms with E-state index in [0.717, 1.165) is 22.4 Å². The number of nitrogens with zero attached hydrogens (tertiary/aromatic N) is 6. The summed E-state index contributed by atoms with van der Waals surface area (Å²) in [5, 5.41) is 33.7. The number of hydrogen-bond acceptors (Lipinski definition) is 15. The number of carbonyl (C=O) groups is 1. The number of rotatable bonds is 16. The van der Waals surface area contributed by atoms with Gasteiger partial charge in [-0.2, -0.15) is 55.9 Å². The Morgan fingerprint density at radius 2 is 1.04 bits per heavy atom. The molecule has 0 aliphatic carbocycles. The number of anilines is 2. The predicted octanol–water partition coefficient (Wildman–Crippen LogP) is 12.3. The predicted molar refractivity (Wildman–Crippen MR) is 264 cm³/mol. The third kappa shape index (κ3) is 12.8. The Balaban J connectivity index is 1.06. The van der Waals surface area contributed by atoms with Crippen LogP contribution in [0, 0.1) is 27.7 Å². The average molecular weight is 1010 g/mol. The number of benzene rings is 7. The first kappa shape index (κ1) is 50.3. The summed E-state index contributed by atoms with van der Waals surface area (Å²) in [6.45, 7) is 7.49. The van der Waals surface area contributed by atoms with E-state index in [-0.39, 0.29) is 40.9 Å². The largest absolute Gasteiger partial charge is 0.494 e. The molecule has 20 nitrogen and oxygen atoms in total. The maximum Gasteiger partial charge on any atom is 0.323 e. The van der Waals surface area contributed by atoms with Crippen molar-refractivity contribution >= 4 is 103 Å². The van der Waals surface area contributed by atoms with Crippen LogP contribution in [0.5, 0.6) is 11.5 Å². The summed E-state index contributed by atoms with van der Waals surface area (Å²) in [7, 11) is -12.5. The summed E-state index contributed by atoms with van der Waals surface area (Å²) in [5.41, 5.74) is 6.55. The minimum Gasteiger partial charge on any atom is -0.494 e. The number of ether oxygens (including phenoxy) is 2. The normalized spacial score (nSPS) is 12.4. The Kier molecular flexibility index (Phi) is 14.8. The molecule has 0 saturated heterocycles. The van der Waals surface area contributed by atoms with Crippen LogP contribution in [0.3, 0.4) is 0 Å². The lowest BCUT2D eigenvalue weighted by molar-refractivity contribution is 0.261. The molecule has 7 aromatic carbocycles. The van der Waals surface area contributed by atoms with E-state index in [1.165, 1.54) is 36.9 Å². The number of urea groups is 1. The van der Waals surface area contributed by atoms with Crippen LogP contribution in [0.15, 0.2) is 150 Å². The Morgan fingerprint density at radius 1 is 0.543 bits per heavy atom. The number of carbonyl (C=O) groups excluding carboxylic acids is 1. The number of hydrogen-bond donors (Lipinski definition) is 5. The number of aryl methyl sites for hydroxylation is 4. The molecule has 0 radical (unpaired) electrons. The molecule has 0 spiro atoms. The maximum atomic E-state index is 13.5. The lowest BCUT2D eigenvalue weighted by Gasteiger charge is -2.16. The van der Waals surface area contributed by atoms with Crippen LogP contribution in [0.2, 0.25) is 0 Å². The van der Waals surface area contributed by atoms with Gasteiger partial charge in [-0.3, -0.25) is 13.7 Å². The van der Waals surface area contributed by atoms with Crippen molar-refractivity contribution in [1.82, 2.24) is 0 Å². The van der Waals surface area contributed by atoms with Crippen molar-refractivity contribution in [3.8, 4) is 11.5 Å². The van der Waals surface area contributed by atoms with Gasteiger partial charge in [0.15, 0.2) is 0 Å². The maximum absolute atomic E-state index is 13.5. The van der Waals surface area contributed by atoms with Crippen LogP contribution < -0.4 is 20.1 Å². The monoisotopic (exact) mass is 1010 g/mol. The molecule has 0 saturated carbocycles. The average Bonchev–Trinajstić information content (AvgIpc) is 3.28. The molecular weight excluding hydrogens is 965 g/mol. The van der Waals surface area contributed by atoms with Crippen molar-refractivity contribution in [3.05, 3.63) is 131 Å². The fourth-order valence-electron chi connectivity index (χ4n) is 7.17. The minimum atomic E-state index is -4.91. The van der Waals surface area contributed by atoms with Gasteiger partial charge in [-0.05, 0) is 140 Å². The fourth-order valence-corrected chi connectivity index (χ4v) is 9.00. The van der Waals surface area contributed by atoms with E-state index in [0.29, 0.717) is 57.1 Å². The number of nitrogens with one attached hydrogen (secondary N) is 2. The summed E-state index contributed by atoms with van der Waals surface area (Å²) in [5.74, 6) is -0.125. The van der Waals surface area contributed by atoms with Gasteiger partial charge in [0.25, 0.3) is 30.4 Å². The SMILES string of the molecule is COc1cc(N=Nc2ccc3cc(C)cc(C)c3c2)c(C)cc1NC(=O)Nc1cc(C)c(N=Nc2ccc(N=Nc3ccc4cc(S(=O)(=O)O)cc(S(=O)(=O)O)c4c3)cc2)cc1OCCCS(=O)(=O)O. The smallest absolute Gasteiger partial charge is 0.323 e. The van der Waals surface area contributed by atoms with Crippen LogP contribution >= 0.6 is 0 Å². The van der Waals surface area contributed by atoms with Crippen molar-refractivity contribution < 1.29 is 53.2 Å². The van der Waals surface area contributed by atoms with E-state index >= 15 is 0 Å². The van der Waals surface area contributed by atoms with Gasteiger partial charge in [-0.25, -0.2) is 4.79 Å². The van der Waals surface area contributed by atoms with Crippen LogP contribution in [-0.2, 0) is 30.4 Å². The van der Waals surface area contributed by atoms with E-state index in [4.69, 9.17) is 9.47 Å². The second kappa shape index (κ2) is 20.6. The fraction of sp³-hybridized carbons (Fsp3) is 0.170. The molecule has 7 aromatic rings. The van der Waals surface area contributed by atoms with Gasteiger partial charge in [0.1, 0.15) is 16.4 Å². The molecule has 0 atom stereocenters. The number of methoxy groups -OCH3 is 1. The van der Waals surface area contributed by atoms with Crippen molar-refractivity contribution in [2.45, 2.75) is 43.9 Å². The van der Waals surface area contributed by atoms with Gasteiger partial charge < -0.3 is 20.1 Å². The Bertz CT molecular complexity index is 3640. The molecule has 362 valence electrons. The van der Waals surface area contributed by atoms with Gasteiger partial charge in [-0.1, -0.05) is 29.8 Å². The Hall–Kier alpha value is -7.54. The van der Waals surface area contributed by atoms with Crippen molar-refractivity contribution in [1.29, 1.82) is 0 Å². The highest BCUT2D eigenvalue weighted by Crippen LogP contribution is 2.38. The summed E-state index contributed by atoms with van der Waals surface area (Å²) in [6.07, 6.45) is -0.0659. The zero-order chi connectivity index (χ0) is 50.5. The molecular formula is C47H44N8O12S3. The molecule has 0 bridgehead atoms. The van der Waals surface area contributed by atoms with Crippen LogP contribution in [0.1, 0.15) is 28.7 Å². The first-order valence-electron chi connectivity index (χ1n) is 20.9. The van der Waals surface area contributed by atoms with Crippen molar-refractivity contribution in [2.75, 3.05) is 30.1 Å². The van der Waals surface area contributed by atoms with Gasteiger partial charge in [0.2, 0.25) is 0 Å². The van der Waals surface area contributed by atoms with E-state index in [1.54, 1.807) is 49.4 Å². The van der Waals surface area contributed by atoms with E-state index < -0.39 is 51.9 Å². The Morgan fingerprint density at radius 3 is 1.60 bits per heavy atom. The highest BCUT2D eigenvalue weighted by Gasteiger charge is 2.21. The molecule has 0 unspecified atom stereocenters. The van der Waals surface area contributed by atoms with Crippen molar-refractivity contribution in [3.63, 3.8) is 0 Å². The molecule has 0 aromatic heterocycles. The molecule has 0 aliphatic heterocycles. The van der Waals surface area contributed by atoms with Crippen LogP contribution in [-0.4, -0.2) is 64.4 Å². The second-order valence-corrected chi connectivity index (χ2v) is 20.3. The summed E-state index contributed by atoms with van der Waals surface area (Å²) < 4.78 is 110. The summed E-state index contributed by atoms with van der Waals surface area (Å²) in [4.78, 5) is 12.1. The van der Waals surface area contributed by atoms with Gasteiger partial charge in [-0.15, -0.1) is 0 Å². The quantitative estimate of drug-likeness (QED) is 0.0343. The number of fused-ring (bicyclic) bond motifs is 2. The van der Waals surface area contributed by atoms with Gasteiger partial charge in [0, 0.05) is 17.5 Å². The standard InChI is InChI=1S/C47H44N8O12S3/c1-27-17-28(2)38-22-35(9-7-31(38)18-27)53-55-40-25-44(66-5)42(19-29(40)3)48-47(56)49-43-20-30(4)41(26-45(43)67-15-6-16-68(57,58)59)54-51-34-13-11-33(12-14-34)50-52-36-10-8-32-21-37(69(60,61)62)24-46(39(32)23-36)70(63,64)65/h7-14,17-26H,6,15-16H2,1-5H3,(H2,48,49,56)(H,57,58,59)(H,60,61,62)(H,63,64,65). The molecule has 5 N–H and O–H groups in total. The zero-order valence-corrected chi connectivity index (χ0v) is 40.4. The third-order valence-electron chi connectivity index (χ3n) is 10.5. The van der Waals surface area contributed by atoms with E-state index in [2.05, 4.69) is 60.4 Å². The summed E-state index contributed by atoms with van der Waals surface area (Å²) >= 11 is 0. The van der Waals surface area contributed by atoms with E-state index in [9.17, 15) is 43.7 Å². The highest BCUT2D eigenvalue weighted by atomic mass is 32.2. The van der Waals surface area contributed by atoms with Crippen molar-refractivity contribution in [2.24, 2.45) is 30.7 Å². The molecule has 2 amide bonds. The number of amides is 2. The molecule has 7 rings (SSSR count). The molecule has 70 heavy (non-hydrogen) atoms. The van der Waals surface area contributed by atoms with Crippen LogP contribution in [0.4, 0.5) is 50.3 Å². The van der Waals surface area contributed by atoms with E-state index in [1.807, 2.05) is 32.0 Å². The molecule has 0 aliphatic rings. The molecule has 0 fully saturated rings. The highest BCUT2D eigenvalue weighted by molar-refractivity contribution is 7.87. The topological polar surface area (TPSA) is 297 Å². The van der Waals surface area contributed by atoms with Gasteiger partial charge in [0.05, 0.1) is 69.9 Å². The summed E-state index contributed by atoms with van der Waals surface area (Å²) in [6, 6.07) is 28.0. The lowest BCUT2D eigenvalue weighted by Crippen LogP contribution is -2.20. The number of azo groups is 3. The third-order valence-corrected chi connectivity index (χ3v) is 13.1. The first-order valence-corrected chi connectivity index (χ1v) is 25.4. The zero-order valence-electron chi connectivity index (χ0n) is 37.9. The first-order chi connectivity index (χ1) is 33.0. The molecule has 0 heterocycles. The molecule has 23 heteroatoms.